The number of hydrogen-bond donors (Lipinski definition) is 0. The van der Waals surface area contributed by atoms with Crippen molar-refractivity contribution in [3.8, 4) is 0 Å². The predicted molar refractivity (Wildman–Crippen MR) is 65.9 cm³/mol. The maximum absolute atomic E-state index is 13.2. The molecule has 0 bridgehead atoms. The average Bonchev–Trinajstić information content (AvgIpc) is 3.12. The highest BCUT2D eigenvalue weighted by Crippen LogP contribution is 2.28. The molecule has 1 fully saturated rings. The molecule has 0 aliphatic heterocycles. The first-order valence-corrected chi connectivity index (χ1v) is 6.30. The highest BCUT2D eigenvalue weighted by Gasteiger charge is 2.33. The molecule has 4 heteroatoms. The van der Waals surface area contributed by atoms with Gasteiger partial charge < -0.3 is 4.90 Å². The molecule has 2 rings (SSSR count). The van der Waals surface area contributed by atoms with Crippen LogP contribution in [0.25, 0.3) is 0 Å². The fraction of sp³-hybridized carbons (Fsp3) is 0.462. The molecule has 92 valence electrons. The number of hydrogen-bond acceptors (Lipinski definition) is 1. The van der Waals surface area contributed by atoms with Crippen LogP contribution in [0.15, 0.2) is 18.2 Å². The standard InChI is InChI=1S/C13H15ClFNO/c1-9-2-3-10(15)8-12(9)13(17)16(7-6-14)11-4-5-11/h2-3,8,11H,4-7H2,1H3. The Kier molecular flexibility index (Phi) is 3.67. The summed E-state index contributed by atoms with van der Waals surface area (Å²) in [6, 6.07) is 4.61. The molecule has 1 aliphatic carbocycles. The molecule has 0 heterocycles. The number of amides is 1. The van der Waals surface area contributed by atoms with Crippen molar-refractivity contribution in [1.82, 2.24) is 4.90 Å². The molecule has 0 unspecified atom stereocenters. The second kappa shape index (κ2) is 5.05. The van der Waals surface area contributed by atoms with Crippen LogP contribution >= 0.6 is 11.6 Å². The van der Waals surface area contributed by atoms with Crippen molar-refractivity contribution in [2.24, 2.45) is 0 Å². The number of halogens is 2. The Morgan fingerprint density at radius 1 is 1.53 bits per heavy atom. The molecule has 1 amide bonds. The fourth-order valence-electron chi connectivity index (χ4n) is 1.91. The molecule has 1 aliphatic rings. The lowest BCUT2D eigenvalue weighted by molar-refractivity contribution is 0.0752. The lowest BCUT2D eigenvalue weighted by Gasteiger charge is -2.22. The maximum Gasteiger partial charge on any atom is 0.254 e. The van der Waals surface area contributed by atoms with Gasteiger partial charge in [0.25, 0.3) is 5.91 Å². The van der Waals surface area contributed by atoms with E-state index in [0.717, 1.165) is 18.4 Å². The van der Waals surface area contributed by atoms with E-state index in [-0.39, 0.29) is 11.7 Å². The first-order chi connectivity index (χ1) is 8.13. The molecule has 2 nitrogen and oxygen atoms in total. The van der Waals surface area contributed by atoms with Gasteiger partial charge in [-0.2, -0.15) is 0 Å². The summed E-state index contributed by atoms with van der Waals surface area (Å²) in [7, 11) is 0. The summed E-state index contributed by atoms with van der Waals surface area (Å²) >= 11 is 5.70. The Bertz CT molecular complexity index is 431. The normalized spacial score (nSPS) is 14.8. The van der Waals surface area contributed by atoms with Crippen LogP contribution in [-0.4, -0.2) is 29.3 Å². The second-order valence-electron chi connectivity index (χ2n) is 4.38. The van der Waals surface area contributed by atoms with Crippen molar-refractivity contribution >= 4 is 17.5 Å². The third-order valence-corrected chi connectivity index (χ3v) is 3.17. The number of nitrogens with zero attached hydrogens (tertiary/aromatic N) is 1. The van der Waals surface area contributed by atoms with Gasteiger partial charge in [0, 0.05) is 24.0 Å². The molecule has 0 aromatic heterocycles. The Hall–Kier alpha value is -1.09. The minimum atomic E-state index is -0.374. The van der Waals surface area contributed by atoms with Gasteiger partial charge in [-0.25, -0.2) is 4.39 Å². The van der Waals surface area contributed by atoms with Gasteiger partial charge >= 0.3 is 0 Å². The highest BCUT2D eigenvalue weighted by atomic mass is 35.5. The van der Waals surface area contributed by atoms with Crippen LogP contribution in [0, 0.1) is 12.7 Å². The monoisotopic (exact) mass is 255 g/mol. The van der Waals surface area contributed by atoms with Crippen LogP contribution in [0.3, 0.4) is 0 Å². The van der Waals surface area contributed by atoms with E-state index in [1.807, 2.05) is 6.92 Å². The molecule has 0 spiro atoms. The van der Waals surface area contributed by atoms with E-state index in [9.17, 15) is 9.18 Å². The molecule has 0 radical (unpaired) electrons. The van der Waals surface area contributed by atoms with E-state index in [2.05, 4.69) is 0 Å². The van der Waals surface area contributed by atoms with Crippen LogP contribution < -0.4 is 0 Å². The predicted octanol–water partition coefficient (Wildman–Crippen LogP) is 2.98. The molecular formula is C13H15ClFNO. The van der Waals surface area contributed by atoms with Crippen LogP contribution in [0.1, 0.15) is 28.8 Å². The van der Waals surface area contributed by atoms with Crippen LogP contribution in [0.2, 0.25) is 0 Å². The molecule has 17 heavy (non-hydrogen) atoms. The smallest absolute Gasteiger partial charge is 0.254 e. The lowest BCUT2D eigenvalue weighted by Crippen LogP contribution is -2.35. The first-order valence-electron chi connectivity index (χ1n) is 5.76. The number of aryl methyl sites for hydroxylation is 1. The maximum atomic E-state index is 13.2. The molecular weight excluding hydrogens is 241 g/mol. The summed E-state index contributed by atoms with van der Waals surface area (Å²) in [4.78, 5) is 14.0. The molecule has 1 aromatic carbocycles. The Balaban J connectivity index is 2.24. The topological polar surface area (TPSA) is 20.3 Å². The highest BCUT2D eigenvalue weighted by molar-refractivity contribution is 6.18. The first kappa shape index (κ1) is 12.4. The van der Waals surface area contributed by atoms with Crippen molar-refractivity contribution in [2.75, 3.05) is 12.4 Å². The van der Waals surface area contributed by atoms with Gasteiger partial charge in [-0.05, 0) is 37.5 Å². The Labute approximate surface area is 105 Å². The van der Waals surface area contributed by atoms with Crippen molar-refractivity contribution in [3.05, 3.63) is 35.1 Å². The SMILES string of the molecule is Cc1ccc(F)cc1C(=O)N(CCCl)C1CC1. The summed E-state index contributed by atoms with van der Waals surface area (Å²) in [5.41, 5.74) is 1.25. The summed E-state index contributed by atoms with van der Waals surface area (Å²) in [5.74, 6) is -0.0675. The lowest BCUT2D eigenvalue weighted by atomic mass is 10.1. The number of carbonyl (C=O) groups excluding carboxylic acids is 1. The van der Waals surface area contributed by atoms with Crippen molar-refractivity contribution < 1.29 is 9.18 Å². The van der Waals surface area contributed by atoms with Gasteiger partial charge in [0.05, 0.1) is 0 Å². The van der Waals surface area contributed by atoms with Crippen LogP contribution in [0.4, 0.5) is 4.39 Å². The van der Waals surface area contributed by atoms with Gasteiger partial charge in [-0.3, -0.25) is 4.79 Å². The third kappa shape index (κ3) is 2.78. The summed E-state index contributed by atoms with van der Waals surface area (Å²) in [6.45, 7) is 2.35. The van der Waals surface area contributed by atoms with Gasteiger partial charge in [0.1, 0.15) is 5.82 Å². The molecule has 0 atom stereocenters. The van der Waals surface area contributed by atoms with Gasteiger partial charge in [0.15, 0.2) is 0 Å². The van der Waals surface area contributed by atoms with E-state index >= 15 is 0 Å². The third-order valence-electron chi connectivity index (χ3n) is 3.00. The zero-order valence-corrected chi connectivity index (χ0v) is 10.5. The minimum absolute atomic E-state index is 0.106. The van der Waals surface area contributed by atoms with Crippen LogP contribution in [-0.2, 0) is 0 Å². The zero-order chi connectivity index (χ0) is 12.4. The Morgan fingerprint density at radius 3 is 2.82 bits per heavy atom. The number of benzene rings is 1. The molecule has 1 saturated carbocycles. The van der Waals surface area contributed by atoms with E-state index in [1.54, 1.807) is 11.0 Å². The Morgan fingerprint density at radius 2 is 2.24 bits per heavy atom. The zero-order valence-electron chi connectivity index (χ0n) is 9.75. The summed E-state index contributed by atoms with van der Waals surface area (Å²) in [6.07, 6.45) is 2.05. The second-order valence-corrected chi connectivity index (χ2v) is 4.76. The van der Waals surface area contributed by atoms with E-state index in [1.165, 1.54) is 12.1 Å². The molecule has 1 aromatic rings. The number of carbonyl (C=O) groups is 1. The summed E-state index contributed by atoms with van der Waals surface area (Å²) < 4.78 is 13.2. The van der Waals surface area contributed by atoms with Crippen molar-refractivity contribution in [1.29, 1.82) is 0 Å². The minimum Gasteiger partial charge on any atom is -0.334 e. The molecule has 0 saturated heterocycles. The average molecular weight is 256 g/mol. The summed E-state index contributed by atoms with van der Waals surface area (Å²) in [5, 5.41) is 0. The fourth-order valence-corrected chi connectivity index (χ4v) is 2.09. The van der Waals surface area contributed by atoms with Gasteiger partial charge in [-0.1, -0.05) is 6.07 Å². The van der Waals surface area contributed by atoms with E-state index < -0.39 is 0 Å². The number of rotatable bonds is 4. The number of alkyl halides is 1. The van der Waals surface area contributed by atoms with Crippen molar-refractivity contribution in [3.63, 3.8) is 0 Å². The molecule has 0 N–H and O–H groups in total. The largest absolute Gasteiger partial charge is 0.334 e. The van der Waals surface area contributed by atoms with E-state index in [4.69, 9.17) is 11.6 Å². The van der Waals surface area contributed by atoms with Gasteiger partial charge in [-0.15, -0.1) is 11.6 Å². The van der Waals surface area contributed by atoms with E-state index in [0.29, 0.717) is 24.0 Å². The van der Waals surface area contributed by atoms with Gasteiger partial charge in [0.2, 0.25) is 0 Å². The van der Waals surface area contributed by atoms with Crippen molar-refractivity contribution in [2.45, 2.75) is 25.8 Å². The van der Waals surface area contributed by atoms with Crippen LogP contribution in [0.5, 0.6) is 0 Å². The quantitative estimate of drug-likeness (QED) is 0.758.